The predicted molar refractivity (Wildman–Crippen MR) is 121 cm³/mol. The maximum atomic E-state index is 9.69. The molecule has 2 fully saturated rings. The van der Waals surface area contributed by atoms with Crippen molar-refractivity contribution >= 4 is 11.6 Å². The van der Waals surface area contributed by atoms with Crippen LogP contribution >= 0.6 is 11.6 Å². The smallest absolute Gasteiger partial charge is 0.145 e. The van der Waals surface area contributed by atoms with E-state index in [0.717, 1.165) is 49.3 Å². The van der Waals surface area contributed by atoms with E-state index in [4.69, 9.17) is 25.8 Å². The third-order valence-electron chi connectivity index (χ3n) is 6.86. The average molecular weight is 443 g/mol. The SMILES string of the molecule is CC1CC(CO)OC(c2cc(Cc3ccc(OC4COC4)cc3)c(Cl)c3c2CCC3)C1. The van der Waals surface area contributed by atoms with Crippen LogP contribution in [0.1, 0.15) is 60.1 Å². The molecule has 2 aliphatic heterocycles. The van der Waals surface area contributed by atoms with Crippen molar-refractivity contribution in [2.24, 2.45) is 5.92 Å². The number of benzene rings is 2. The first-order valence-electron chi connectivity index (χ1n) is 11.5. The summed E-state index contributed by atoms with van der Waals surface area (Å²) in [7, 11) is 0. The van der Waals surface area contributed by atoms with Crippen molar-refractivity contribution in [2.45, 2.75) is 63.8 Å². The quantitative estimate of drug-likeness (QED) is 0.680. The second-order valence-corrected chi connectivity index (χ2v) is 9.73. The molecule has 5 rings (SSSR count). The second kappa shape index (κ2) is 9.11. The minimum Gasteiger partial charge on any atom is -0.486 e. The molecular formula is C26H31ClO4. The Kier molecular flexibility index (Phi) is 6.25. The van der Waals surface area contributed by atoms with Crippen LogP contribution in [0.3, 0.4) is 0 Å². The van der Waals surface area contributed by atoms with E-state index < -0.39 is 0 Å². The fourth-order valence-electron chi connectivity index (χ4n) is 5.20. The van der Waals surface area contributed by atoms with E-state index in [1.54, 1.807) is 0 Å². The highest BCUT2D eigenvalue weighted by Gasteiger charge is 2.32. The Morgan fingerprint density at radius 2 is 1.87 bits per heavy atom. The summed E-state index contributed by atoms with van der Waals surface area (Å²) in [6.07, 6.45) is 6.13. The van der Waals surface area contributed by atoms with Gasteiger partial charge in [-0.15, -0.1) is 0 Å². The number of hydrogen-bond donors (Lipinski definition) is 1. The first-order valence-corrected chi connectivity index (χ1v) is 11.9. The van der Waals surface area contributed by atoms with Gasteiger partial charge in [-0.05, 0) is 84.4 Å². The number of rotatable bonds is 6. The van der Waals surface area contributed by atoms with Crippen molar-refractivity contribution in [1.82, 2.24) is 0 Å². The van der Waals surface area contributed by atoms with Gasteiger partial charge in [0.15, 0.2) is 0 Å². The zero-order chi connectivity index (χ0) is 21.4. The summed E-state index contributed by atoms with van der Waals surface area (Å²) in [5.74, 6) is 1.43. The molecule has 0 radical (unpaired) electrons. The van der Waals surface area contributed by atoms with Gasteiger partial charge in [-0.1, -0.05) is 36.7 Å². The van der Waals surface area contributed by atoms with Gasteiger partial charge in [-0.25, -0.2) is 0 Å². The molecule has 0 bridgehead atoms. The topological polar surface area (TPSA) is 47.9 Å². The van der Waals surface area contributed by atoms with Crippen LogP contribution in [0.5, 0.6) is 5.75 Å². The van der Waals surface area contributed by atoms with Gasteiger partial charge in [-0.2, -0.15) is 0 Å². The van der Waals surface area contributed by atoms with E-state index in [9.17, 15) is 5.11 Å². The van der Waals surface area contributed by atoms with Gasteiger partial charge in [-0.3, -0.25) is 0 Å². The average Bonchev–Trinajstić information content (AvgIpc) is 3.23. The largest absolute Gasteiger partial charge is 0.486 e. The zero-order valence-electron chi connectivity index (χ0n) is 18.1. The Balaban J connectivity index is 1.40. The van der Waals surface area contributed by atoms with Crippen molar-refractivity contribution in [3.8, 4) is 5.75 Å². The molecule has 4 nitrogen and oxygen atoms in total. The lowest BCUT2D eigenvalue weighted by Gasteiger charge is -2.34. The van der Waals surface area contributed by atoms with Gasteiger partial charge < -0.3 is 19.3 Å². The molecule has 2 saturated heterocycles. The minimum atomic E-state index is -0.0708. The van der Waals surface area contributed by atoms with E-state index >= 15 is 0 Å². The summed E-state index contributed by atoms with van der Waals surface area (Å²) in [5.41, 5.74) is 6.37. The monoisotopic (exact) mass is 442 g/mol. The molecule has 1 aliphatic carbocycles. The van der Waals surface area contributed by atoms with Crippen LogP contribution in [0.15, 0.2) is 30.3 Å². The molecule has 0 aromatic heterocycles. The summed E-state index contributed by atoms with van der Waals surface area (Å²) in [6.45, 7) is 3.70. The van der Waals surface area contributed by atoms with E-state index in [1.165, 1.54) is 27.8 Å². The van der Waals surface area contributed by atoms with E-state index in [1.807, 2.05) is 12.1 Å². The predicted octanol–water partition coefficient (Wildman–Crippen LogP) is 5.05. The molecule has 0 saturated carbocycles. The normalized spacial score (nSPS) is 25.8. The van der Waals surface area contributed by atoms with Crippen molar-refractivity contribution in [3.05, 3.63) is 63.2 Å². The maximum Gasteiger partial charge on any atom is 0.145 e. The summed E-state index contributed by atoms with van der Waals surface area (Å²) >= 11 is 6.91. The van der Waals surface area contributed by atoms with E-state index in [-0.39, 0.29) is 24.9 Å². The first-order chi connectivity index (χ1) is 15.1. The third kappa shape index (κ3) is 4.49. The van der Waals surface area contributed by atoms with Crippen molar-refractivity contribution < 1.29 is 19.3 Å². The third-order valence-corrected chi connectivity index (χ3v) is 7.33. The Labute approximate surface area is 189 Å². The van der Waals surface area contributed by atoms with Crippen LogP contribution in [-0.4, -0.2) is 37.1 Å². The van der Waals surface area contributed by atoms with Crippen LogP contribution < -0.4 is 4.74 Å². The summed E-state index contributed by atoms with van der Waals surface area (Å²) in [5, 5.41) is 10.6. The molecule has 3 atom stereocenters. The standard InChI is InChI=1S/C26H31ClO4/c1-16-9-20(13-28)31-25(10-16)24-12-18(26(27)23-4-2-3-22(23)24)11-17-5-7-19(8-6-17)30-21-14-29-15-21/h5-8,12,16,20-21,25,28H,2-4,9-11,13-15H2,1H3. The highest BCUT2D eigenvalue weighted by Crippen LogP contribution is 2.43. The Morgan fingerprint density at radius 3 is 2.58 bits per heavy atom. The molecule has 1 N–H and O–H groups in total. The summed E-state index contributed by atoms with van der Waals surface area (Å²) in [6, 6.07) is 10.6. The first kappa shape index (κ1) is 21.3. The van der Waals surface area contributed by atoms with E-state index in [0.29, 0.717) is 19.1 Å². The lowest BCUT2D eigenvalue weighted by atomic mass is 9.86. The number of aliphatic hydroxyl groups excluding tert-OH is 1. The van der Waals surface area contributed by atoms with Gasteiger partial charge in [0, 0.05) is 5.02 Å². The number of ether oxygens (including phenoxy) is 3. The van der Waals surface area contributed by atoms with Crippen LogP contribution in [0.2, 0.25) is 5.02 Å². The molecule has 2 aromatic rings. The molecule has 2 heterocycles. The molecular weight excluding hydrogens is 412 g/mol. The molecule has 0 amide bonds. The van der Waals surface area contributed by atoms with Crippen LogP contribution in [0, 0.1) is 5.92 Å². The molecule has 2 aromatic carbocycles. The van der Waals surface area contributed by atoms with Crippen LogP contribution in [0.4, 0.5) is 0 Å². The minimum absolute atomic E-state index is 0.0456. The van der Waals surface area contributed by atoms with Gasteiger partial charge in [0.25, 0.3) is 0 Å². The zero-order valence-corrected chi connectivity index (χ0v) is 18.9. The van der Waals surface area contributed by atoms with Crippen LogP contribution in [0.25, 0.3) is 0 Å². The molecule has 5 heteroatoms. The van der Waals surface area contributed by atoms with Gasteiger partial charge in [0.05, 0.1) is 32.0 Å². The molecule has 166 valence electrons. The van der Waals surface area contributed by atoms with E-state index in [2.05, 4.69) is 25.1 Å². The Bertz CT molecular complexity index is 922. The van der Waals surface area contributed by atoms with Gasteiger partial charge in [0.1, 0.15) is 11.9 Å². The fourth-order valence-corrected chi connectivity index (χ4v) is 5.53. The van der Waals surface area contributed by atoms with Crippen LogP contribution in [-0.2, 0) is 28.7 Å². The lowest BCUT2D eigenvalue weighted by Crippen LogP contribution is -2.38. The molecule has 0 spiro atoms. The second-order valence-electron chi connectivity index (χ2n) is 9.35. The summed E-state index contributed by atoms with van der Waals surface area (Å²) in [4.78, 5) is 0. The lowest BCUT2D eigenvalue weighted by molar-refractivity contribution is -0.0903. The Morgan fingerprint density at radius 1 is 1.10 bits per heavy atom. The number of halogens is 1. The number of hydrogen-bond acceptors (Lipinski definition) is 4. The highest BCUT2D eigenvalue weighted by molar-refractivity contribution is 6.32. The molecule has 3 unspecified atom stereocenters. The number of fused-ring (bicyclic) bond motifs is 1. The molecule has 3 aliphatic rings. The maximum absolute atomic E-state index is 9.69. The highest BCUT2D eigenvalue weighted by atomic mass is 35.5. The Hall–Kier alpha value is -1.59. The summed E-state index contributed by atoms with van der Waals surface area (Å²) < 4.78 is 17.4. The molecule has 31 heavy (non-hydrogen) atoms. The van der Waals surface area contributed by atoms with Gasteiger partial charge in [0.2, 0.25) is 0 Å². The fraction of sp³-hybridized carbons (Fsp3) is 0.538. The van der Waals surface area contributed by atoms with Crippen molar-refractivity contribution in [2.75, 3.05) is 19.8 Å². The number of aliphatic hydroxyl groups is 1. The van der Waals surface area contributed by atoms with Crippen molar-refractivity contribution in [1.29, 1.82) is 0 Å². The van der Waals surface area contributed by atoms with Gasteiger partial charge >= 0.3 is 0 Å². The van der Waals surface area contributed by atoms with Crippen molar-refractivity contribution in [3.63, 3.8) is 0 Å².